The van der Waals surface area contributed by atoms with Crippen LogP contribution in [0.1, 0.15) is 21.5 Å². The maximum atomic E-state index is 12.0. The predicted molar refractivity (Wildman–Crippen MR) is 101 cm³/mol. The molecule has 0 amide bonds. The van der Waals surface area contributed by atoms with Gasteiger partial charge in [-0.1, -0.05) is 12.1 Å². The van der Waals surface area contributed by atoms with Crippen molar-refractivity contribution in [3.63, 3.8) is 0 Å². The molecular formula is C21H16O7. The highest BCUT2D eigenvalue weighted by molar-refractivity contribution is 5.90. The van der Waals surface area contributed by atoms with Crippen LogP contribution in [-0.4, -0.2) is 24.2 Å². The zero-order chi connectivity index (χ0) is 20.1. The number of ether oxygens (including phenoxy) is 2. The second kappa shape index (κ2) is 8.22. The summed E-state index contributed by atoms with van der Waals surface area (Å²) in [5, 5.41) is 10.1. The summed E-state index contributed by atoms with van der Waals surface area (Å²) in [6.07, 6.45) is 2.78. The first-order chi connectivity index (χ1) is 13.5. The SMILES string of the molecule is COC(=O)c1ccc(C=CC(=O)OCc2cc(=O)oc3cc(O)ccc23)cc1. The Bertz CT molecular complexity index is 1110. The summed E-state index contributed by atoms with van der Waals surface area (Å²) in [6.45, 7) is -0.128. The molecule has 28 heavy (non-hydrogen) atoms. The van der Waals surface area contributed by atoms with Gasteiger partial charge in [0.05, 0.1) is 12.7 Å². The monoisotopic (exact) mass is 380 g/mol. The minimum absolute atomic E-state index is 0.0362. The van der Waals surface area contributed by atoms with Crippen LogP contribution in [0.5, 0.6) is 5.75 Å². The van der Waals surface area contributed by atoms with Gasteiger partial charge in [-0.05, 0) is 35.9 Å². The largest absolute Gasteiger partial charge is 0.508 e. The van der Waals surface area contributed by atoms with E-state index in [1.807, 2.05) is 0 Å². The Morgan fingerprint density at radius 3 is 2.57 bits per heavy atom. The van der Waals surface area contributed by atoms with Crippen LogP contribution in [0.25, 0.3) is 17.0 Å². The van der Waals surface area contributed by atoms with Crippen molar-refractivity contribution in [3.8, 4) is 5.75 Å². The van der Waals surface area contributed by atoms with Crippen LogP contribution in [0.4, 0.5) is 0 Å². The molecule has 2 aromatic carbocycles. The van der Waals surface area contributed by atoms with Gasteiger partial charge < -0.3 is 19.0 Å². The number of phenolic OH excluding ortho intramolecular Hbond substituents is 1. The molecule has 7 nitrogen and oxygen atoms in total. The molecule has 0 fully saturated rings. The average molecular weight is 380 g/mol. The Morgan fingerprint density at radius 2 is 1.86 bits per heavy atom. The predicted octanol–water partition coefficient (Wildman–Crippen LogP) is 3.04. The van der Waals surface area contributed by atoms with E-state index in [4.69, 9.17) is 9.15 Å². The normalized spacial score (nSPS) is 10.9. The first kappa shape index (κ1) is 18.9. The highest BCUT2D eigenvalue weighted by atomic mass is 16.5. The standard InChI is InChI=1S/C21H16O7/c1-26-21(25)14-5-2-13(3-6-14)4-9-19(23)27-12-15-10-20(24)28-18-11-16(22)7-8-17(15)18/h2-11,22H,12H2,1H3. The summed E-state index contributed by atoms with van der Waals surface area (Å²) in [5.74, 6) is -1.08. The Balaban J connectivity index is 1.67. The van der Waals surface area contributed by atoms with Gasteiger partial charge in [-0.2, -0.15) is 0 Å². The first-order valence-electron chi connectivity index (χ1n) is 8.25. The van der Waals surface area contributed by atoms with E-state index in [1.54, 1.807) is 36.4 Å². The summed E-state index contributed by atoms with van der Waals surface area (Å²) >= 11 is 0. The number of fused-ring (bicyclic) bond motifs is 1. The van der Waals surface area contributed by atoms with Crippen molar-refractivity contribution >= 4 is 29.0 Å². The molecule has 0 spiro atoms. The smallest absolute Gasteiger partial charge is 0.337 e. The minimum atomic E-state index is -0.606. The van der Waals surface area contributed by atoms with Gasteiger partial charge in [0.1, 0.15) is 17.9 Å². The number of rotatable bonds is 5. The summed E-state index contributed by atoms with van der Waals surface area (Å²) in [7, 11) is 1.30. The van der Waals surface area contributed by atoms with Gasteiger partial charge in [0, 0.05) is 29.2 Å². The first-order valence-corrected chi connectivity index (χ1v) is 8.25. The Hall–Kier alpha value is -3.87. The zero-order valence-electron chi connectivity index (χ0n) is 14.9. The van der Waals surface area contributed by atoms with Gasteiger partial charge in [0.2, 0.25) is 0 Å². The molecule has 1 N–H and O–H groups in total. The van der Waals surface area contributed by atoms with Crippen molar-refractivity contribution < 1.29 is 28.6 Å². The fraction of sp³-hybridized carbons (Fsp3) is 0.0952. The molecule has 0 aliphatic rings. The van der Waals surface area contributed by atoms with Gasteiger partial charge in [-0.25, -0.2) is 14.4 Å². The number of aromatic hydroxyl groups is 1. The molecule has 0 saturated carbocycles. The molecular weight excluding hydrogens is 364 g/mol. The molecule has 0 saturated heterocycles. The van der Waals surface area contributed by atoms with Gasteiger partial charge in [0.15, 0.2) is 0 Å². The van der Waals surface area contributed by atoms with E-state index in [2.05, 4.69) is 4.74 Å². The summed E-state index contributed by atoms with van der Waals surface area (Å²) in [6, 6.07) is 12.1. The van der Waals surface area contributed by atoms with Crippen LogP contribution in [0, 0.1) is 0 Å². The Kier molecular flexibility index (Phi) is 5.55. The van der Waals surface area contributed by atoms with E-state index in [0.29, 0.717) is 22.1 Å². The van der Waals surface area contributed by atoms with E-state index in [1.165, 1.54) is 31.4 Å². The summed E-state index contributed by atoms with van der Waals surface area (Å²) in [5.41, 5.74) is 1.18. The van der Waals surface area contributed by atoms with Crippen molar-refractivity contribution in [1.82, 2.24) is 0 Å². The number of carbonyl (C=O) groups excluding carboxylic acids is 2. The van der Waals surface area contributed by atoms with Crippen molar-refractivity contribution in [3.05, 3.63) is 81.7 Å². The van der Waals surface area contributed by atoms with Crippen LogP contribution in [0.2, 0.25) is 0 Å². The number of methoxy groups -OCH3 is 1. The molecule has 3 aromatic rings. The van der Waals surface area contributed by atoms with Crippen molar-refractivity contribution in [2.45, 2.75) is 6.61 Å². The molecule has 142 valence electrons. The van der Waals surface area contributed by atoms with Crippen LogP contribution >= 0.6 is 0 Å². The molecule has 1 heterocycles. The molecule has 0 unspecified atom stereocenters. The number of benzene rings is 2. The molecule has 0 aliphatic carbocycles. The molecule has 0 aliphatic heterocycles. The number of esters is 2. The van der Waals surface area contributed by atoms with E-state index >= 15 is 0 Å². The van der Waals surface area contributed by atoms with E-state index < -0.39 is 17.6 Å². The quantitative estimate of drug-likeness (QED) is 0.412. The van der Waals surface area contributed by atoms with Gasteiger partial charge >= 0.3 is 17.6 Å². The Morgan fingerprint density at radius 1 is 1.11 bits per heavy atom. The van der Waals surface area contributed by atoms with Crippen LogP contribution in [0.15, 0.2) is 63.8 Å². The maximum absolute atomic E-state index is 12.0. The number of phenols is 1. The molecule has 0 bridgehead atoms. The lowest BCUT2D eigenvalue weighted by atomic mass is 10.1. The molecule has 0 radical (unpaired) electrons. The highest BCUT2D eigenvalue weighted by Gasteiger charge is 2.09. The third-order valence-corrected chi connectivity index (χ3v) is 3.93. The molecule has 3 rings (SSSR count). The van der Waals surface area contributed by atoms with Crippen molar-refractivity contribution in [2.24, 2.45) is 0 Å². The van der Waals surface area contributed by atoms with E-state index in [9.17, 15) is 19.5 Å². The number of carbonyl (C=O) groups is 2. The molecule has 0 atom stereocenters. The second-order valence-electron chi connectivity index (χ2n) is 5.83. The number of hydrogen-bond acceptors (Lipinski definition) is 7. The summed E-state index contributed by atoms with van der Waals surface area (Å²) in [4.78, 5) is 35.0. The lowest BCUT2D eigenvalue weighted by molar-refractivity contribution is -0.138. The van der Waals surface area contributed by atoms with Gasteiger partial charge in [-0.15, -0.1) is 0 Å². The zero-order valence-corrected chi connectivity index (χ0v) is 14.9. The van der Waals surface area contributed by atoms with E-state index in [-0.39, 0.29) is 17.9 Å². The minimum Gasteiger partial charge on any atom is -0.508 e. The molecule has 7 heteroatoms. The average Bonchev–Trinajstić information content (AvgIpc) is 2.69. The van der Waals surface area contributed by atoms with Crippen LogP contribution in [0.3, 0.4) is 0 Å². The van der Waals surface area contributed by atoms with Crippen molar-refractivity contribution in [1.29, 1.82) is 0 Å². The van der Waals surface area contributed by atoms with Crippen molar-refractivity contribution in [2.75, 3.05) is 7.11 Å². The topological polar surface area (TPSA) is 103 Å². The third kappa shape index (κ3) is 4.45. The number of hydrogen-bond donors (Lipinski definition) is 1. The van der Waals surface area contributed by atoms with E-state index in [0.717, 1.165) is 0 Å². The molecule has 1 aromatic heterocycles. The maximum Gasteiger partial charge on any atom is 0.337 e. The highest BCUT2D eigenvalue weighted by Crippen LogP contribution is 2.22. The Labute approximate surface area is 159 Å². The van der Waals surface area contributed by atoms with Gasteiger partial charge in [0.25, 0.3) is 0 Å². The lowest BCUT2D eigenvalue weighted by Gasteiger charge is -2.06. The fourth-order valence-electron chi connectivity index (χ4n) is 2.55. The van der Waals surface area contributed by atoms with Crippen LogP contribution in [-0.2, 0) is 20.9 Å². The lowest BCUT2D eigenvalue weighted by Crippen LogP contribution is -2.05. The van der Waals surface area contributed by atoms with Crippen LogP contribution < -0.4 is 5.63 Å². The van der Waals surface area contributed by atoms with Gasteiger partial charge in [-0.3, -0.25) is 0 Å². The second-order valence-corrected chi connectivity index (χ2v) is 5.83. The fourth-order valence-corrected chi connectivity index (χ4v) is 2.55. The third-order valence-electron chi connectivity index (χ3n) is 3.93. The summed E-state index contributed by atoms with van der Waals surface area (Å²) < 4.78 is 14.8.